The Kier molecular flexibility index (Phi) is 9.68. The lowest BCUT2D eigenvalue weighted by atomic mass is 9.81. The Morgan fingerprint density at radius 3 is 1.92 bits per heavy atom. The van der Waals surface area contributed by atoms with Crippen LogP contribution in [0.2, 0.25) is 0 Å². The van der Waals surface area contributed by atoms with Crippen molar-refractivity contribution in [3.05, 3.63) is 95.1 Å². The predicted octanol–water partition coefficient (Wildman–Crippen LogP) is 5.28. The molecule has 1 amide bonds. The summed E-state index contributed by atoms with van der Waals surface area (Å²) < 4.78 is 0. The molecule has 1 aliphatic carbocycles. The fourth-order valence-corrected chi connectivity index (χ4v) is 5.43. The number of aliphatic hydroxyl groups is 1. The van der Waals surface area contributed by atoms with Gasteiger partial charge in [-0.2, -0.15) is 0 Å². The number of benzene rings is 3. The van der Waals surface area contributed by atoms with Crippen LogP contribution in [0.4, 0.5) is 0 Å². The van der Waals surface area contributed by atoms with Gasteiger partial charge in [0.1, 0.15) is 6.04 Å². The SMILES string of the molecule is N[C@H](Cc1ccc(C(=O)NC[C@@H](c2ccc(-c3ccc(CO)cc3)cc2)C2CCCCCC2)cc1)C(=O)O. The molecule has 1 aliphatic rings. The van der Waals surface area contributed by atoms with Gasteiger partial charge in [0.2, 0.25) is 0 Å². The molecular weight excluding hydrogens is 476 g/mol. The van der Waals surface area contributed by atoms with Gasteiger partial charge in [0, 0.05) is 18.0 Å². The van der Waals surface area contributed by atoms with Crippen LogP contribution < -0.4 is 11.1 Å². The van der Waals surface area contributed by atoms with E-state index in [0.717, 1.165) is 22.3 Å². The first-order valence-corrected chi connectivity index (χ1v) is 13.6. The standard InChI is InChI=1S/C32H38N2O4/c33-30(32(37)38)19-22-7-13-28(14-8-22)31(36)34-20-29(26-5-3-1-2-4-6-26)27-17-15-25(16-18-27)24-11-9-23(21-35)10-12-24/h7-18,26,29-30,35H,1-6,19-21,33H2,(H,34,36)(H,37,38)/t29-,30-/m1/s1. The lowest BCUT2D eigenvalue weighted by Gasteiger charge is -2.27. The average Bonchev–Trinajstić information content (AvgIpc) is 3.23. The molecule has 1 fully saturated rings. The van der Waals surface area contributed by atoms with Gasteiger partial charge in [0.15, 0.2) is 0 Å². The van der Waals surface area contributed by atoms with E-state index in [1.54, 1.807) is 24.3 Å². The van der Waals surface area contributed by atoms with Crippen LogP contribution in [0.3, 0.4) is 0 Å². The number of aliphatic carboxylic acids is 1. The minimum Gasteiger partial charge on any atom is -0.480 e. The third-order valence-corrected chi connectivity index (χ3v) is 7.75. The van der Waals surface area contributed by atoms with E-state index in [0.29, 0.717) is 18.0 Å². The number of nitrogens with two attached hydrogens (primary N) is 1. The minimum atomic E-state index is -1.04. The van der Waals surface area contributed by atoms with E-state index in [9.17, 15) is 14.7 Å². The van der Waals surface area contributed by atoms with Crippen LogP contribution in [0.15, 0.2) is 72.8 Å². The van der Waals surface area contributed by atoms with Gasteiger partial charge in [-0.1, -0.05) is 86.3 Å². The van der Waals surface area contributed by atoms with Gasteiger partial charge in [-0.3, -0.25) is 9.59 Å². The van der Waals surface area contributed by atoms with Crippen molar-refractivity contribution >= 4 is 11.9 Å². The van der Waals surface area contributed by atoms with Crippen molar-refractivity contribution in [2.45, 2.75) is 63.5 Å². The molecule has 0 unspecified atom stereocenters. The molecule has 6 nitrogen and oxygen atoms in total. The molecule has 0 aromatic heterocycles. The number of carbonyl (C=O) groups excluding carboxylic acids is 1. The second kappa shape index (κ2) is 13.4. The number of nitrogens with one attached hydrogen (secondary N) is 1. The fourth-order valence-electron chi connectivity index (χ4n) is 5.43. The van der Waals surface area contributed by atoms with E-state index in [1.165, 1.54) is 44.1 Å². The summed E-state index contributed by atoms with van der Waals surface area (Å²) in [5.74, 6) is -0.412. The van der Waals surface area contributed by atoms with Crippen molar-refractivity contribution in [2.24, 2.45) is 11.7 Å². The van der Waals surface area contributed by atoms with Crippen LogP contribution in [-0.4, -0.2) is 34.7 Å². The summed E-state index contributed by atoms with van der Waals surface area (Å²) in [6.07, 6.45) is 7.57. The topological polar surface area (TPSA) is 113 Å². The molecule has 5 N–H and O–H groups in total. The second-order valence-corrected chi connectivity index (χ2v) is 10.4. The Hall–Kier alpha value is -3.48. The summed E-state index contributed by atoms with van der Waals surface area (Å²) >= 11 is 0. The number of carboxylic acids is 1. The molecule has 6 heteroatoms. The molecule has 4 rings (SSSR count). The summed E-state index contributed by atoms with van der Waals surface area (Å²) in [5, 5.41) is 21.5. The summed E-state index contributed by atoms with van der Waals surface area (Å²) in [6, 6.07) is 22.7. The molecule has 3 aromatic rings. The van der Waals surface area contributed by atoms with Crippen LogP contribution in [0.1, 0.15) is 71.5 Å². The number of carbonyl (C=O) groups is 2. The number of amides is 1. The summed E-state index contributed by atoms with van der Waals surface area (Å²) in [5.41, 5.74) is 11.4. The number of hydrogen-bond acceptors (Lipinski definition) is 4. The third kappa shape index (κ3) is 7.30. The Bertz CT molecular complexity index is 1180. The number of carboxylic acid groups (broad SMARTS) is 1. The van der Waals surface area contributed by atoms with Crippen molar-refractivity contribution in [2.75, 3.05) is 6.54 Å². The lowest BCUT2D eigenvalue weighted by molar-refractivity contribution is -0.138. The maximum Gasteiger partial charge on any atom is 0.320 e. The van der Waals surface area contributed by atoms with Gasteiger partial charge in [-0.25, -0.2) is 0 Å². The van der Waals surface area contributed by atoms with E-state index in [-0.39, 0.29) is 24.9 Å². The molecule has 0 aliphatic heterocycles. The monoisotopic (exact) mass is 514 g/mol. The zero-order valence-corrected chi connectivity index (χ0v) is 21.8. The van der Waals surface area contributed by atoms with Gasteiger partial charge in [0.25, 0.3) is 5.91 Å². The quantitative estimate of drug-likeness (QED) is 0.275. The second-order valence-electron chi connectivity index (χ2n) is 10.4. The maximum atomic E-state index is 13.0. The zero-order chi connectivity index (χ0) is 26.9. The smallest absolute Gasteiger partial charge is 0.320 e. The van der Waals surface area contributed by atoms with Crippen LogP contribution in [0.5, 0.6) is 0 Å². The van der Waals surface area contributed by atoms with Crippen LogP contribution in [-0.2, 0) is 17.8 Å². The first kappa shape index (κ1) is 27.6. The molecule has 2 atom stereocenters. The van der Waals surface area contributed by atoms with Crippen molar-refractivity contribution < 1.29 is 19.8 Å². The van der Waals surface area contributed by atoms with Crippen LogP contribution in [0, 0.1) is 5.92 Å². The van der Waals surface area contributed by atoms with Crippen LogP contribution in [0.25, 0.3) is 11.1 Å². The Morgan fingerprint density at radius 1 is 0.816 bits per heavy atom. The highest BCUT2D eigenvalue weighted by Crippen LogP contribution is 2.36. The molecule has 38 heavy (non-hydrogen) atoms. The average molecular weight is 515 g/mol. The van der Waals surface area contributed by atoms with Crippen LogP contribution >= 0.6 is 0 Å². The molecule has 0 heterocycles. The van der Waals surface area contributed by atoms with E-state index in [4.69, 9.17) is 10.8 Å². The molecule has 0 radical (unpaired) electrons. The van der Waals surface area contributed by atoms with Crippen molar-refractivity contribution in [3.8, 4) is 11.1 Å². The molecular formula is C32H38N2O4. The number of aliphatic hydroxyl groups excluding tert-OH is 1. The molecule has 0 bridgehead atoms. The highest BCUT2D eigenvalue weighted by atomic mass is 16.4. The third-order valence-electron chi connectivity index (χ3n) is 7.75. The first-order valence-electron chi connectivity index (χ1n) is 13.6. The van der Waals surface area contributed by atoms with E-state index in [1.807, 2.05) is 24.3 Å². The molecule has 3 aromatic carbocycles. The first-order chi connectivity index (χ1) is 18.4. The number of rotatable bonds is 10. The van der Waals surface area contributed by atoms with E-state index < -0.39 is 12.0 Å². The fraction of sp³-hybridized carbons (Fsp3) is 0.375. The lowest BCUT2D eigenvalue weighted by Crippen LogP contribution is -2.32. The Balaban J connectivity index is 1.46. The Morgan fingerprint density at radius 2 is 1.37 bits per heavy atom. The number of hydrogen-bond donors (Lipinski definition) is 4. The largest absolute Gasteiger partial charge is 0.480 e. The van der Waals surface area contributed by atoms with Gasteiger partial charge in [-0.05, 0) is 65.1 Å². The van der Waals surface area contributed by atoms with Crippen molar-refractivity contribution in [1.29, 1.82) is 0 Å². The van der Waals surface area contributed by atoms with E-state index in [2.05, 4.69) is 29.6 Å². The van der Waals surface area contributed by atoms with E-state index >= 15 is 0 Å². The summed E-state index contributed by atoms with van der Waals surface area (Å²) in [4.78, 5) is 24.0. The molecule has 0 spiro atoms. The van der Waals surface area contributed by atoms with Gasteiger partial charge < -0.3 is 21.3 Å². The van der Waals surface area contributed by atoms with Gasteiger partial charge in [0.05, 0.1) is 6.61 Å². The molecule has 1 saturated carbocycles. The zero-order valence-electron chi connectivity index (χ0n) is 21.8. The summed E-state index contributed by atoms with van der Waals surface area (Å²) in [6.45, 7) is 0.608. The Labute approximate surface area is 224 Å². The summed E-state index contributed by atoms with van der Waals surface area (Å²) in [7, 11) is 0. The minimum absolute atomic E-state index is 0.0387. The highest BCUT2D eigenvalue weighted by molar-refractivity contribution is 5.94. The van der Waals surface area contributed by atoms with Gasteiger partial charge in [-0.15, -0.1) is 0 Å². The van der Waals surface area contributed by atoms with Crippen molar-refractivity contribution in [1.82, 2.24) is 5.32 Å². The molecule has 0 saturated heterocycles. The normalized spacial score (nSPS) is 15.8. The molecule has 200 valence electrons. The van der Waals surface area contributed by atoms with Gasteiger partial charge >= 0.3 is 5.97 Å². The maximum absolute atomic E-state index is 13.0. The highest BCUT2D eigenvalue weighted by Gasteiger charge is 2.25. The van der Waals surface area contributed by atoms with Crippen molar-refractivity contribution in [3.63, 3.8) is 0 Å². The predicted molar refractivity (Wildman–Crippen MR) is 150 cm³/mol.